The molecule has 1 heterocycles. The molecule has 0 spiro atoms. The van der Waals surface area contributed by atoms with Crippen molar-refractivity contribution in [3.05, 3.63) is 0 Å². The van der Waals surface area contributed by atoms with Gasteiger partial charge in [0.15, 0.2) is 0 Å². The van der Waals surface area contributed by atoms with Crippen LogP contribution >= 0.6 is 0 Å². The number of nitrogens with zero attached hydrogens (tertiary/aromatic N) is 1. The molecular weight excluding hydrogens is 336 g/mol. The third-order valence-electron chi connectivity index (χ3n) is 3.87. The molecule has 7 nitrogen and oxygen atoms in total. The predicted octanol–water partition coefficient (Wildman–Crippen LogP) is 3.51. The largest absolute Gasteiger partial charge is 0.444 e. The summed E-state index contributed by atoms with van der Waals surface area (Å²) in [5, 5.41) is 2.66. The van der Waals surface area contributed by atoms with Crippen molar-refractivity contribution in [2.75, 3.05) is 19.6 Å². The van der Waals surface area contributed by atoms with E-state index < -0.39 is 17.3 Å². The van der Waals surface area contributed by atoms with Crippen molar-refractivity contribution in [1.82, 2.24) is 10.2 Å². The summed E-state index contributed by atoms with van der Waals surface area (Å²) >= 11 is 0. The van der Waals surface area contributed by atoms with E-state index in [1.54, 1.807) is 25.7 Å². The molecule has 0 aliphatic carbocycles. The van der Waals surface area contributed by atoms with Crippen LogP contribution in [0.5, 0.6) is 0 Å². The lowest BCUT2D eigenvalue weighted by Gasteiger charge is -2.33. The quantitative estimate of drug-likeness (QED) is 0.749. The first-order chi connectivity index (χ1) is 11.9. The van der Waals surface area contributed by atoms with Crippen molar-refractivity contribution >= 4 is 18.0 Å². The zero-order valence-electron chi connectivity index (χ0n) is 17.0. The first kappa shape index (κ1) is 22.3. The average molecular weight is 370 g/mol. The van der Waals surface area contributed by atoms with E-state index in [2.05, 4.69) is 5.32 Å². The van der Waals surface area contributed by atoms with Crippen molar-refractivity contribution in [3.63, 3.8) is 0 Å². The average Bonchev–Trinajstić information content (AvgIpc) is 2.48. The fourth-order valence-corrected chi connectivity index (χ4v) is 2.68. The minimum atomic E-state index is -0.526. The summed E-state index contributed by atoms with van der Waals surface area (Å²) in [6, 6.07) is 0. The standard InChI is InChI=1S/C19H34N2O5/c1-18(2,3)25-16(23)20-11-7-8-15(22)14-9-12-21(13-10-14)17(24)26-19(4,5)6/h14H,7-13H2,1-6H3,(H,20,23). The zero-order chi connectivity index (χ0) is 20.0. The number of alkyl carbamates (subject to hydrolysis) is 1. The Labute approximate surface area is 156 Å². The van der Waals surface area contributed by atoms with E-state index in [9.17, 15) is 14.4 Å². The Hall–Kier alpha value is -1.79. The summed E-state index contributed by atoms with van der Waals surface area (Å²) in [6.07, 6.45) is 1.56. The summed E-state index contributed by atoms with van der Waals surface area (Å²) in [5.74, 6) is 0.176. The zero-order valence-corrected chi connectivity index (χ0v) is 17.0. The molecule has 0 unspecified atom stereocenters. The normalized spacial score (nSPS) is 16.2. The number of amides is 2. The number of ether oxygens (including phenoxy) is 2. The van der Waals surface area contributed by atoms with Gasteiger partial charge in [-0.1, -0.05) is 0 Å². The van der Waals surface area contributed by atoms with Crippen LogP contribution in [-0.4, -0.2) is 53.7 Å². The van der Waals surface area contributed by atoms with Gasteiger partial charge in [0.1, 0.15) is 17.0 Å². The number of carbonyl (C=O) groups is 3. The van der Waals surface area contributed by atoms with Gasteiger partial charge in [0.05, 0.1) is 0 Å². The summed E-state index contributed by atoms with van der Waals surface area (Å²) in [6.45, 7) is 12.4. The van der Waals surface area contributed by atoms with Gasteiger partial charge in [0.2, 0.25) is 0 Å². The highest BCUT2D eigenvalue weighted by atomic mass is 16.6. The van der Waals surface area contributed by atoms with Gasteiger partial charge < -0.3 is 19.7 Å². The molecule has 0 aromatic rings. The third kappa shape index (κ3) is 9.06. The van der Waals surface area contributed by atoms with Gasteiger partial charge in [-0.15, -0.1) is 0 Å². The number of piperidine rings is 1. The second kappa shape index (κ2) is 9.24. The Bertz CT molecular complexity index is 497. The number of ketones is 1. The number of rotatable bonds is 5. The van der Waals surface area contributed by atoms with E-state index in [0.717, 1.165) is 0 Å². The smallest absolute Gasteiger partial charge is 0.410 e. The Morgan fingerprint density at radius 1 is 0.962 bits per heavy atom. The lowest BCUT2D eigenvalue weighted by molar-refractivity contribution is -0.124. The summed E-state index contributed by atoms with van der Waals surface area (Å²) in [4.78, 5) is 37.5. The number of hydrogen-bond donors (Lipinski definition) is 1. The van der Waals surface area contributed by atoms with Crippen LogP contribution in [0.25, 0.3) is 0 Å². The molecular formula is C19H34N2O5. The minimum Gasteiger partial charge on any atom is -0.444 e. The Morgan fingerprint density at radius 3 is 2.00 bits per heavy atom. The molecule has 1 aliphatic heterocycles. The summed E-state index contributed by atoms with van der Waals surface area (Å²) < 4.78 is 10.5. The minimum absolute atomic E-state index is 0.0183. The van der Waals surface area contributed by atoms with E-state index >= 15 is 0 Å². The van der Waals surface area contributed by atoms with Crippen LogP contribution < -0.4 is 5.32 Å². The van der Waals surface area contributed by atoms with E-state index in [1.165, 1.54) is 0 Å². The number of hydrogen-bond acceptors (Lipinski definition) is 5. The van der Waals surface area contributed by atoms with E-state index in [1.807, 2.05) is 20.8 Å². The lowest BCUT2D eigenvalue weighted by Crippen LogP contribution is -2.43. The van der Waals surface area contributed by atoms with Crippen LogP contribution in [0.1, 0.15) is 67.2 Å². The molecule has 1 fully saturated rings. The van der Waals surface area contributed by atoms with Crippen molar-refractivity contribution in [2.45, 2.75) is 78.4 Å². The fourth-order valence-electron chi connectivity index (χ4n) is 2.68. The van der Waals surface area contributed by atoms with Gasteiger partial charge >= 0.3 is 12.2 Å². The molecule has 1 aliphatic rings. The second-order valence-electron chi connectivity index (χ2n) is 8.74. The molecule has 0 bridgehead atoms. The Kier molecular flexibility index (Phi) is 7.90. The van der Waals surface area contributed by atoms with Crippen LogP contribution in [0.2, 0.25) is 0 Å². The summed E-state index contributed by atoms with van der Waals surface area (Å²) in [5.41, 5.74) is -1.03. The first-order valence-electron chi connectivity index (χ1n) is 9.35. The molecule has 2 amide bonds. The van der Waals surface area contributed by atoms with E-state index in [0.29, 0.717) is 45.3 Å². The van der Waals surface area contributed by atoms with Gasteiger partial charge in [0.25, 0.3) is 0 Å². The molecule has 1 saturated heterocycles. The van der Waals surface area contributed by atoms with Gasteiger partial charge in [0, 0.05) is 32.0 Å². The maximum atomic E-state index is 12.3. The highest BCUT2D eigenvalue weighted by Gasteiger charge is 2.29. The molecule has 7 heteroatoms. The molecule has 0 aromatic carbocycles. The van der Waals surface area contributed by atoms with Crippen molar-refractivity contribution < 1.29 is 23.9 Å². The van der Waals surface area contributed by atoms with Gasteiger partial charge in [-0.25, -0.2) is 9.59 Å². The van der Waals surface area contributed by atoms with Crippen LogP contribution in [0.4, 0.5) is 9.59 Å². The third-order valence-corrected chi connectivity index (χ3v) is 3.87. The molecule has 1 rings (SSSR count). The maximum absolute atomic E-state index is 12.3. The monoisotopic (exact) mass is 370 g/mol. The van der Waals surface area contributed by atoms with Crippen molar-refractivity contribution in [1.29, 1.82) is 0 Å². The molecule has 150 valence electrons. The number of carbonyl (C=O) groups excluding carboxylic acids is 3. The molecule has 1 N–H and O–H groups in total. The predicted molar refractivity (Wildman–Crippen MR) is 99.0 cm³/mol. The number of nitrogens with one attached hydrogen (secondary N) is 1. The van der Waals surface area contributed by atoms with E-state index in [-0.39, 0.29) is 17.8 Å². The summed E-state index contributed by atoms with van der Waals surface area (Å²) in [7, 11) is 0. The Morgan fingerprint density at radius 2 is 1.50 bits per heavy atom. The highest BCUT2D eigenvalue weighted by Crippen LogP contribution is 2.21. The van der Waals surface area contributed by atoms with Crippen LogP contribution in [-0.2, 0) is 14.3 Å². The highest BCUT2D eigenvalue weighted by molar-refractivity contribution is 5.81. The molecule has 0 saturated carbocycles. The van der Waals surface area contributed by atoms with Gasteiger partial charge in [-0.05, 0) is 60.8 Å². The topological polar surface area (TPSA) is 84.9 Å². The van der Waals surface area contributed by atoms with Crippen LogP contribution in [0.15, 0.2) is 0 Å². The van der Waals surface area contributed by atoms with Gasteiger partial charge in [-0.3, -0.25) is 4.79 Å². The first-order valence-corrected chi connectivity index (χ1v) is 9.35. The van der Waals surface area contributed by atoms with Gasteiger partial charge in [-0.2, -0.15) is 0 Å². The molecule has 0 aromatic heterocycles. The lowest BCUT2D eigenvalue weighted by atomic mass is 9.90. The SMILES string of the molecule is CC(C)(C)OC(=O)NCCCC(=O)C1CCN(C(=O)OC(C)(C)C)CC1. The molecule has 0 radical (unpaired) electrons. The van der Waals surface area contributed by atoms with E-state index in [4.69, 9.17) is 9.47 Å². The van der Waals surface area contributed by atoms with Crippen LogP contribution in [0.3, 0.4) is 0 Å². The fraction of sp³-hybridized carbons (Fsp3) is 0.842. The molecule has 0 atom stereocenters. The van der Waals surface area contributed by atoms with Crippen molar-refractivity contribution in [3.8, 4) is 0 Å². The van der Waals surface area contributed by atoms with Crippen molar-refractivity contribution in [2.24, 2.45) is 5.92 Å². The molecule has 26 heavy (non-hydrogen) atoms. The number of likely N-dealkylation sites (tertiary alicyclic amines) is 1. The Balaban J connectivity index is 2.24. The van der Waals surface area contributed by atoms with Crippen LogP contribution in [0, 0.1) is 5.92 Å². The maximum Gasteiger partial charge on any atom is 0.410 e. The second-order valence-corrected chi connectivity index (χ2v) is 8.74. The number of Topliss-reactive ketones (excluding diaryl/α,β-unsaturated/α-hetero) is 1.